The number of unbranched alkanes of at least 4 members (excludes halogenated alkanes) is 4. The molecule has 0 atom stereocenters. The molecule has 5 heteroatoms. The topological polar surface area (TPSA) is 70.7 Å². The van der Waals surface area contributed by atoms with Crippen molar-refractivity contribution in [3.8, 4) is 0 Å². The lowest BCUT2D eigenvalue weighted by molar-refractivity contribution is -0.121. The molecule has 16 heavy (non-hydrogen) atoms. The summed E-state index contributed by atoms with van der Waals surface area (Å²) in [6.07, 6.45) is 7.89. The Labute approximate surface area is 96.0 Å². The van der Waals surface area contributed by atoms with Gasteiger partial charge >= 0.3 is 0 Å². The highest BCUT2D eigenvalue weighted by molar-refractivity contribution is 5.75. The molecule has 0 saturated carbocycles. The summed E-state index contributed by atoms with van der Waals surface area (Å²) < 4.78 is 0. The standard InChI is InChI=1S/C11H20N4O/c1-2-3-4-5-6-7-11(16)12-8-10-13-9-14-15-10/h9H,2-8H2,1H3,(H,12,16)(H,13,14,15). The van der Waals surface area contributed by atoms with E-state index in [1.807, 2.05) is 0 Å². The third kappa shape index (κ3) is 5.48. The lowest BCUT2D eigenvalue weighted by atomic mass is 10.1. The maximum absolute atomic E-state index is 11.4. The zero-order valence-corrected chi connectivity index (χ0v) is 9.83. The van der Waals surface area contributed by atoms with E-state index in [2.05, 4.69) is 27.4 Å². The fraction of sp³-hybridized carbons (Fsp3) is 0.727. The zero-order chi connectivity index (χ0) is 11.6. The van der Waals surface area contributed by atoms with Gasteiger partial charge in [-0.2, -0.15) is 5.10 Å². The van der Waals surface area contributed by atoms with Gasteiger partial charge in [0.1, 0.15) is 12.2 Å². The van der Waals surface area contributed by atoms with Crippen molar-refractivity contribution < 1.29 is 4.79 Å². The Hall–Kier alpha value is -1.39. The summed E-state index contributed by atoms with van der Waals surface area (Å²) in [7, 11) is 0. The molecule has 0 fully saturated rings. The molecule has 0 radical (unpaired) electrons. The van der Waals surface area contributed by atoms with Crippen LogP contribution in [0, 0.1) is 0 Å². The Morgan fingerprint density at radius 2 is 2.19 bits per heavy atom. The number of nitrogens with zero attached hydrogens (tertiary/aromatic N) is 2. The first-order valence-corrected chi connectivity index (χ1v) is 5.94. The lowest BCUT2D eigenvalue weighted by Gasteiger charge is -2.02. The molecule has 1 rings (SSSR count). The molecule has 0 bridgehead atoms. The number of H-pyrrole nitrogens is 1. The van der Waals surface area contributed by atoms with Gasteiger partial charge in [0.15, 0.2) is 0 Å². The Kier molecular flexibility index (Phi) is 6.22. The fourth-order valence-corrected chi connectivity index (χ4v) is 1.48. The Bertz CT molecular complexity index is 284. The number of amides is 1. The molecule has 1 aromatic heterocycles. The highest BCUT2D eigenvalue weighted by Crippen LogP contribution is 2.04. The van der Waals surface area contributed by atoms with Crippen molar-refractivity contribution in [2.75, 3.05) is 0 Å². The van der Waals surface area contributed by atoms with E-state index in [4.69, 9.17) is 0 Å². The van der Waals surface area contributed by atoms with Crippen molar-refractivity contribution >= 4 is 5.91 Å². The molecule has 2 N–H and O–H groups in total. The molecule has 1 aromatic rings. The number of carbonyl (C=O) groups is 1. The smallest absolute Gasteiger partial charge is 0.220 e. The average Bonchev–Trinajstić information content (AvgIpc) is 2.79. The van der Waals surface area contributed by atoms with Gasteiger partial charge in [-0.3, -0.25) is 9.89 Å². The summed E-state index contributed by atoms with van der Waals surface area (Å²) >= 11 is 0. The van der Waals surface area contributed by atoms with E-state index in [1.54, 1.807) is 0 Å². The van der Waals surface area contributed by atoms with Crippen LogP contribution in [-0.4, -0.2) is 21.1 Å². The number of nitrogens with one attached hydrogen (secondary N) is 2. The molecule has 0 saturated heterocycles. The largest absolute Gasteiger partial charge is 0.349 e. The van der Waals surface area contributed by atoms with Crippen LogP contribution < -0.4 is 5.32 Å². The summed E-state index contributed by atoms with van der Waals surface area (Å²) in [6.45, 7) is 2.62. The van der Waals surface area contributed by atoms with Crippen LogP contribution in [0.1, 0.15) is 51.3 Å². The molecule has 90 valence electrons. The van der Waals surface area contributed by atoms with Crippen LogP contribution in [0.15, 0.2) is 6.33 Å². The number of rotatable bonds is 8. The van der Waals surface area contributed by atoms with Crippen molar-refractivity contribution in [1.82, 2.24) is 20.5 Å². The van der Waals surface area contributed by atoms with Gasteiger partial charge in [-0.05, 0) is 6.42 Å². The van der Waals surface area contributed by atoms with Crippen LogP contribution >= 0.6 is 0 Å². The van der Waals surface area contributed by atoms with Gasteiger partial charge in [0.05, 0.1) is 6.54 Å². The second kappa shape index (κ2) is 7.84. The van der Waals surface area contributed by atoms with Gasteiger partial charge in [-0.25, -0.2) is 4.98 Å². The van der Waals surface area contributed by atoms with E-state index in [1.165, 1.54) is 25.6 Å². The maximum atomic E-state index is 11.4. The predicted molar refractivity (Wildman–Crippen MR) is 61.6 cm³/mol. The number of hydrogen-bond donors (Lipinski definition) is 2. The minimum Gasteiger partial charge on any atom is -0.349 e. The van der Waals surface area contributed by atoms with Crippen molar-refractivity contribution in [1.29, 1.82) is 0 Å². The van der Waals surface area contributed by atoms with Gasteiger partial charge in [-0.15, -0.1) is 0 Å². The van der Waals surface area contributed by atoms with Gasteiger partial charge in [0, 0.05) is 6.42 Å². The monoisotopic (exact) mass is 224 g/mol. The first-order valence-electron chi connectivity index (χ1n) is 5.94. The summed E-state index contributed by atoms with van der Waals surface area (Å²) in [4.78, 5) is 15.3. The summed E-state index contributed by atoms with van der Waals surface area (Å²) in [5.74, 6) is 0.784. The highest BCUT2D eigenvalue weighted by Gasteiger charge is 2.02. The van der Waals surface area contributed by atoms with E-state index in [-0.39, 0.29) is 5.91 Å². The average molecular weight is 224 g/mol. The summed E-state index contributed by atoms with van der Waals surface area (Å²) in [6, 6.07) is 0. The van der Waals surface area contributed by atoms with E-state index < -0.39 is 0 Å². The first kappa shape index (κ1) is 12.7. The molecular formula is C11H20N4O. The number of hydrogen-bond acceptors (Lipinski definition) is 3. The van der Waals surface area contributed by atoms with Crippen molar-refractivity contribution in [3.05, 3.63) is 12.2 Å². The van der Waals surface area contributed by atoms with E-state index in [0.717, 1.165) is 12.8 Å². The Morgan fingerprint density at radius 1 is 1.38 bits per heavy atom. The molecule has 0 aromatic carbocycles. The minimum absolute atomic E-state index is 0.0906. The SMILES string of the molecule is CCCCCCCC(=O)NCc1ncn[nH]1. The molecular weight excluding hydrogens is 204 g/mol. The number of aromatic amines is 1. The molecule has 0 aliphatic carbocycles. The third-order valence-corrected chi connectivity index (χ3v) is 2.43. The Balaban J connectivity index is 1.99. The van der Waals surface area contributed by atoms with Gasteiger partial charge in [0.2, 0.25) is 5.91 Å². The third-order valence-electron chi connectivity index (χ3n) is 2.43. The van der Waals surface area contributed by atoms with Gasteiger partial charge in [-0.1, -0.05) is 32.6 Å². The van der Waals surface area contributed by atoms with Crippen LogP contribution in [0.2, 0.25) is 0 Å². The molecule has 1 amide bonds. The lowest BCUT2D eigenvalue weighted by Crippen LogP contribution is -2.22. The first-order chi connectivity index (χ1) is 7.83. The quantitative estimate of drug-likeness (QED) is 0.661. The van der Waals surface area contributed by atoms with Crippen molar-refractivity contribution in [2.24, 2.45) is 0 Å². The fourth-order valence-electron chi connectivity index (χ4n) is 1.48. The van der Waals surface area contributed by atoms with Crippen LogP contribution in [0.4, 0.5) is 0 Å². The van der Waals surface area contributed by atoms with E-state index in [0.29, 0.717) is 18.8 Å². The van der Waals surface area contributed by atoms with Crippen LogP contribution in [0.5, 0.6) is 0 Å². The van der Waals surface area contributed by atoms with Crippen molar-refractivity contribution in [3.63, 3.8) is 0 Å². The Morgan fingerprint density at radius 3 is 2.88 bits per heavy atom. The second-order valence-electron chi connectivity index (χ2n) is 3.87. The summed E-state index contributed by atoms with van der Waals surface area (Å²) in [5, 5.41) is 9.21. The van der Waals surface area contributed by atoms with E-state index in [9.17, 15) is 4.79 Å². The second-order valence-corrected chi connectivity index (χ2v) is 3.87. The van der Waals surface area contributed by atoms with Gasteiger partial charge in [0.25, 0.3) is 0 Å². The maximum Gasteiger partial charge on any atom is 0.220 e. The van der Waals surface area contributed by atoms with Crippen LogP contribution in [0.3, 0.4) is 0 Å². The van der Waals surface area contributed by atoms with Gasteiger partial charge < -0.3 is 5.32 Å². The number of aromatic nitrogens is 3. The molecule has 5 nitrogen and oxygen atoms in total. The summed E-state index contributed by atoms with van der Waals surface area (Å²) in [5.41, 5.74) is 0. The van der Waals surface area contributed by atoms with Crippen LogP contribution in [0.25, 0.3) is 0 Å². The highest BCUT2D eigenvalue weighted by atomic mass is 16.1. The minimum atomic E-state index is 0.0906. The number of carbonyl (C=O) groups excluding carboxylic acids is 1. The van der Waals surface area contributed by atoms with E-state index >= 15 is 0 Å². The molecule has 0 aliphatic rings. The predicted octanol–water partition coefficient (Wildman–Crippen LogP) is 1.78. The zero-order valence-electron chi connectivity index (χ0n) is 9.83. The molecule has 0 unspecified atom stereocenters. The molecule has 0 aliphatic heterocycles. The normalized spacial score (nSPS) is 10.3. The molecule has 1 heterocycles. The molecule has 0 spiro atoms. The van der Waals surface area contributed by atoms with Crippen molar-refractivity contribution in [2.45, 2.75) is 52.0 Å². The van der Waals surface area contributed by atoms with Crippen LogP contribution in [-0.2, 0) is 11.3 Å².